The predicted molar refractivity (Wildman–Crippen MR) is 69.0 cm³/mol. The van der Waals surface area contributed by atoms with Crippen LogP contribution in [0.2, 0.25) is 0 Å². The van der Waals surface area contributed by atoms with E-state index in [1.807, 2.05) is 11.3 Å². The van der Waals surface area contributed by atoms with Gasteiger partial charge in [-0.25, -0.2) is 0 Å². The number of nitrogens with zero attached hydrogens (tertiary/aromatic N) is 1. The number of thiophene rings is 1. The maximum Gasteiger partial charge on any atom is 0.0625 e. The normalized spacial score (nSPS) is 12.2. The summed E-state index contributed by atoms with van der Waals surface area (Å²) in [4.78, 5) is 0. The van der Waals surface area contributed by atoms with E-state index in [4.69, 9.17) is 0 Å². The second-order valence-electron chi connectivity index (χ2n) is 4.87. The molecule has 15 heavy (non-hydrogen) atoms. The van der Waals surface area contributed by atoms with Gasteiger partial charge in [-0.3, -0.25) is 0 Å². The Kier molecular flexibility index (Phi) is 2.63. The number of hydrogen-bond donors (Lipinski definition) is 0. The van der Waals surface area contributed by atoms with Gasteiger partial charge in [-0.15, -0.1) is 11.3 Å². The lowest BCUT2D eigenvalue weighted by molar-refractivity contribution is 0.846. The number of fused-ring (bicyclic) bond motifs is 1. The van der Waals surface area contributed by atoms with Crippen LogP contribution in [0, 0.1) is 0 Å². The topological polar surface area (TPSA) is 4.93 Å². The zero-order valence-electron chi connectivity index (χ0n) is 10.2. The van der Waals surface area contributed by atoms with E-state index in [2.05, 4.69) is 50.9 Å². The number of rotatable bonds is 2. The molecule has 0 saturated heterocycles. The van der Waals surface area contributed by atoms with E-state index in [1.165, 1.54) is 21.3 Å². The predicted octanol–water partition coefficient (Wildman–Crippen LogP) is 4.49. The fraction of sp³-hybridized carbons (Fsp3) is 0.538. The molecule has 2 rings (SSSR count). The van der Waals surface area contributed by atoms with Gasteiger partial charge in [0, 0.05) is 13.2 Å². The summed E-state index contributed by atoms with van der Waals surface area (Å²) < 4.78 is 3.77. The first-order valence-corrected chi connectivity index (χ1v) is 6.46. The van der Waals surface area contributed by atoms with Crippen LogP contribution in [0.25, 0.3) is 10.2 Å². The molecule has 0 amide bonds. The average Bonchev–Trinajstić information content (AvgIpc) is 2.66. The van der Waals surface area contributed by atoms with Gasteiger partial charge in [0.1, 0.15) is 0 Å². The molecule has 2 aromatic rings. The van der Waals surface area contributed by atoms with E-state index in [-0.39, 0.29) is 0 Å². The third-order valence-corrected chi connectivity index (χ3v) is 4.02. The van der Waals surface area contributed by atoms with Crippen LogP contribution in [0.1, 0.15) is 50.7 Å². The molecule has 0 bridgehead atoms. The highest BCUT2D eigenvalue weighted by Crippen LogP contribution is 2.37. The standard InChI is InChI=1S/C13H19NS/c1-8(2)10-6-14(5)12-11(9(3)4)7-15-13(10)12/h6-9H,1-5H3. The first-order chi connectivity index (χ1) is 7.02. The average molecular weight is 221 g/mol. The second-order valence-corrected chi connectivity index (χ2v) is 5.75. The van der Waals surface area contributed by atoms with Crippen molar-refractivity contribution in [3.63, 3.8) is 0 Å². The maximum absolute atomic E-state index is 2.32. The molecule has 0 atom stereocenters. The van der Waals surface area contributed by atoms with Crippen molar-refractivity contribution in [3.8, 4) is 0 Å². The summed E-state index contributed by atoms with van der Waals surface area (Å²) in [5.41, 5.74) is 4.42. The van der Waals surface area contributed by atoms with E-state index in [0.29, 0.717) is 11.8 Å². The highest BCUT2D eigenvalue weighted by Gasteiger charge is 2.16. The van der Waals surface area contributed by atoms with Gasteiger partial charge in [-0.1, -0.05) is 27.7 Å². The smallest absolute Gasteiger partial charge is 0.0625 e. The van der Waals surface area contributed by atoms with E-state index in [0.717, 1.165) is 0 Å². The Morgan fingerprint density at radius 3 is 2.20 bits per heavy atom. The Labute approximate surface area is 95.7 Å². The highest BCUT2D eigenvalue weighted by atomic mass is 32.1. The van der Waals surface area contributed by atoms with Crippen molar-refractivity contribution in [2.75, 3.05) is 0 Å². The summed E-state index contributed by atoms with van der Waals surface area (Å²) in [5.74, 6) is 1.24. The van der Waals surface area contributed by atoms with Crippen molar-refractivity contribution in [3.05, 3.63) is 22.7 Å². The Balaban J connectivity index is 2.71. The molecule has 0 saturated carbocycles. The van der Waals surface area contributed by atoms with Crippen LogP contribution in [0.15, 0.2) is 11.6 Å². The Morgan fingerprint density at radius 1 is 1.07 bits per heavy atom. The molecular weight excluding hydrogens is 202 g/mol. The highest BCUT2D eigenvalue weighted by molar-refractivity contribution is 7.17. The fourth-order valence-electron chi connectivity index (χ4n) is 2.09. The van der Waals surface area contributed by atoms with Crippen LogP contribution in [0.4, 0.5) is 0 Å². The molecule has 0 spiro atoms. The van der Waals surface area contributed by atoms with Gasteiger partial charge in [0.15, 0.2) is 0 Å². The van der Waals surface area contributed by atoms with Crippen molar-refractivity contribution < 1.29 is 0 Å². The molecule has 0 aliphatic carbocycles. The monoisotopic (exact) mass is 221 g/mol. The first kappa shape index (κ1) is 10.7. The Morgan fingerprint density at radius 2 is 1.67 bits per heavy atom. The van der Waals surface area contributed by atoms with Gasteiger partial charge < -0.3 is 4.57 Å². The molecular formula is C13H19NS. The minimum absolute atomic E-state index is 0.618. The van der Waals surface area contributed by atoms with E-state index >= 15 is 0 Å². The van der Waals surface area contributed by atoms with E-state index < -0.39 is 0 Å². The first-order valence-electron chi connectivity index (χ1n) is 5.58. The second kappa shape index (κ2) is 3.67. The quantitative estimate of drug-likeness (QED) is 0.704. The molecule has 0 radical (unpaired) electrons. The van der Waals surface area contributed by atoms with Crippen molar-refractivity contribution in [2.45, 2.75) is 39.5 Å². The van der Waals surface area contributed by atoms with Gasteiger partial charge in [0.2, 0.25) is 0 Å². The molecule has 1 nitrogen and oxygen atoms in total. The molecule has 0 N–H and O–H groups in total. The minimum atomic E-state index is 0.618. The van der Waals surface area contributed by atoms with Crippen molar-refractivity contribution in [1.29, 1.82) is 0 Å². The molecule has 2 aromatic heterocycles. The largest absolute Gasteiger partial charge is 0.349 e. The lowest BCUT2D eigenvalue weighted by Crippen LogP contribution is -1.90. The lowest BCUT2D eigenvalue weighted by atomic mass is 10.0. The van der Waals surface area contributed by atoms with Crippen molar-refractivity contribution in [1.82, 2.24) is 4.57 Å². The van der Waals surface area contributed by atoms with Crippen LogP contribution >= 0.6 is 11.3 Å². The third kappa shape index (κ3) is 1.61. The van der Waals surface area contributed by atoms with Gasteiger partial charge >= 0.3 is 0 Å². The SMILES string of the molecule is CC(C)c1cn(C)c2c(C(C)C)csc12. The van der Waals surface area contributed by atoms with Crippen LogP contribution in [-0.2, 0) is 7.05 Å². The Bertz CT molecular complexity index is 468. The van der Waals surface area contributed by atoms with Gasteiger partial charge in [0.25, 0.3) is 0 Å². The molecule has 0 aromatic carbocycles. The third-order valence-electron chi connectivity index (χ3n) is 2.98. The van der Waals surface area contributed by atoms with Crippen LogP contribution in [0.5, 0.6) is 0 Å². The van der Waals surface area contributed by atoms with E-state index in [9.17, 15) is 0 Å². The Hall–Kier alpha value is -0.760. The zero-order chi connectivity index (χ0) is 11.2. The van der Waals surface area contributed by atoms with Crippen LogP contribution in [0.3, 0.4) is 0 Å². The summed E-state index contributed by atoms with van der Waals surface area (Å²) in [6.07, 6.45) is 2.29. The summed E-state index contributed by atoms with van der Waals surface area (Å²) in [7, 11) is 2.16. The van der Waals surface area contributed by atoms with Crippen molar-refractivity contribution >= 4 is 21.6 Å². The summed E-state index contributed by atoms with van der Waals surface area (Å²) in [6, 6.07) is 0. The molecule has 2 heteroatoms. The van der Waals surface area contributed by atoms with Gasteiger partial charge in [-0.2, -0.15) is 0 Å². The number of aromatic nitrogens is 1. The van der Waals surface area contributed by atoms with Crippen LogP contribution in [-0.4, -0.2) is 4.57 Å². The molecule has 0 aliphatic heterocycles. The van der Waals surface area contributed by atoms with Crippen LogP contribution < -0.4 is 0 Å². The summed E-state index contributed by atoms with van der Waals surface area (Å²) >= 11 is 1.90. The maximum atomic E-state index is 2.32. The summed E-state index contributed by atoms with van der Waals surface area (Å²) in [6.45, 7) is 9.07. The number of hydrogen-bond acceptors (Lipinski definition) is 1. The molecule has 0 aliphatic rings. The van der Waals surface area contributed by atoms with E-state index in [1.54, 1.807) is 0 Å². The minimum Gasteiger partial charge on any atom is -0.349 e. The zero-order valence-corrected chi connectivity index (χ0v) is 11.0. The number of aryl methyl sites for hydroxylation is 1. The lowest BCUT2D eigenvalue weighted by Gasteiger charge is -2.02. The van der Waals surface area contributed by atoms with Gasteiger partial charge in [0.05, 0.1) is 10.2 Å². The fourth-order valence-corrected chi connectivity index (χ4v) is 3.51. The molecule has 0 fully saturated rings. The van der Waals surface area contributed by atoms with Crippen molar-refractivity contribution in [2.24, 2.45) is 7.05 Å². The molecule has 2 heterocycles. The molecule has 0 unspecified atom stereocenters. The summed E-state index contributed by atoms with van der Waals surface area (Å²) in [5, 5.41) is 2.32. The molecule has 82 valence electrons. The van der Waals surface area contributed by atoms with Gasteiger partial charge in [-0.05, 0) is 28.3 Å².